The van der Waals surface area contributed by atoms with Gasteiger partial charge in [-0.2, -0.15) is 0 Å². The number of nitrogens with zero attached hydrogens (tertiary/aromatic N) is 1. The van der Waals surface area contributed by atoms with Crippen LogP contribution in [0.1, 0.15) is 11.7 Å². The number of benzene rings is 2. The van der Waals surface area contributed by atoms with E-state index in [1.807, 2.05) is 30.3 Å². The van der Waals surface area contributed by atoms with Gasteiger partial charge in [0, 0.05) is 18.8 Å². The van der Waals surface area contributed by atoms with Gasteiger partial charge in [-0.15, -0.1) is 0 Å². The molecule has 21 heavy (non-hydrogen) atoms. The van der Waals surface area contributed by atoms with Crippen LogP contribution in [0.15, 0.2) is 48.5 Å². The monoisotopic (exact) mass is 293 g/mol. The number of aliphatic hydroxyl groups excluding tert-OH is 2. The summed E-state index contributed by atoms with van der Waals surface area (Å²) in [6.07, 6.45) is -0.980. The second-order valence-corrected chi connectivity index (χ2v) is 4.69. The second kappa shape index (κ2) is 7.15. The van der Waals surface area contributed by atoms with Crippen molar-refractivity contribution in [1.82, 2.24) is 0 Å². The fraction of sp³-hybridized carbons (Fsp3) is 0.250. The van der Waals surface area contributed by atoms with Crippen LogP contribution < -0.4 is 4.90 Å². The predicted molar refractivity (Wildman–Crippen MR) is 77.1 cm³/mol. The third-order valence-electron chi connectivity index (χ3n) is 3.21. The van der Waals surface area contributed by atoms with Crippen molar-refractivity contribution < 1.29 is 19.0 Å². The van der Waals surface area contributed by atoms with Crippen LogP contribution >= 0.6 is 0 Å². The van der Waals surface area contributed by atoms with Gasteiger partial charge in [-0.25, -0.2) is 8.78 Å². The van der Waals surface area contributed by atoms with Gasteiger partial charge in [0.2, 0.25) is 0 Å². The lowest BCUT2D eigenvalue weighted by atomic mass is 10.1. The molecule has 0 unspecified atom stereocenters. The average Bonchev–Trinajstić information content (AvgIpc) is 2.50. The molecule has 2 aromatic carbocycles. The summed E-state index contributed by atoms with van der Waals surface area (Å²) in [7, 11) is 0. The highest BCUT2D eigenvalue weighted by Gasteiger charge is 2.15. The predicted octanol–water partition coefficient (Wildman–Crippen LogP) is 2.50. The van der Waals surface area contributed by atoms with E-state index >= 15 is 0 Å². The van der Waals surface area contributed by atoms with Gasteiger partial charge < -0.3 is 15.1 Å². The van der Waals surface area contributed by atoms with Crippen molar-refractivity contribution in [3.63, 3.8) is 0 Å². The highest BCUT2D eigenvalue weighted by atomic mass is 19.2. The molecule has 112 valence electrons. The van der Waals surface area contributed by atoms with Gasteiger partial charge in [0.05, 0.1) is 12.7 Å². The molecule has 0 amide bonds. The van der Waals surface area contributed by atoms with Crippen molar-refractivity contribution in [3.8, 4) is 0 Å². The zero-order valence-corrected chi connectivity index (χ0v) is 11.4. The van der Waals surface area contributed by atoms with Gasteiger partial charge in [0.25, 0.3) is 0 Å². The molecule has 0 heterocycles. The molecule has 0 aliphatic carbocycles. The highest BCUT2D eigenvalue weighted by Crippen LogP contribution is 2.21. The maximum Gasteiger partial charge on any atom is 0.159 e. The quantitative estimate of drug-likeness (QED) is 0.860. The van der Waals surface area contributed by atoms with E-state index in [-0.39, 0.29) is 13.2 Å². The molecule has 0 aliphatic rings. The fourth-order valence-electron chi connectivity index (χ4n) is 2.12. The van der Waals surface area contributed by atoms with Gasteiger partial charge in [0.1, 0.15) is 0 Å². The Morgan fingerprint density at radius 2 is 1.71 bits per heavy atom. The molecule has 0 aromatic heterocycles. The van der Waals surface area contributed by atoms with E-state index in [1.165, 1.54) is 6.07 Å². The summed E-state index contributed by atoms with van der Waals surface area (Å²) in [5.41, 5.74) is 1.14. The Balaban J connectivity index is 2.14. The van der Waals surface area contributed by atoms with Crippen LogP contribution in [-0.2, 0) is 0 Å². The molecular weight excluding hydrogens is 276 g/mol. The molecule has 0 bridgehead atoms. The van der Waals surface area contributed by atoms with Gasteiger partial charge in [-0.3, -0.25) is 0 Å². The number of para-hydroxylation sites is 1. The van der Waals surface area contributed by atoms with E-state index in [0.717, 1.165) is 17.8 Å². The topological polar surface area (TPSA) is 43.7 Å². The van der Waals surface area contributed by atoms with E-state index < -0.39 is 17.7 Å². The van der Waals surface area contributed by atoms with E-state index in [1.54, 1.807) is 4.90 Å². The molecule has 5 heteroatoms. The first kappa shape index (κ1) is 15.4. The Morgan fingerprint density at radius 3 is 2.33 bits per heavy atom. The number of hydrogen-bond acceptors (Lipinski definition) is 3. The first-order valence-electron chi connectivity index (χ1n) is 6.65. The van der Waals surface area contributed by atoms with E-state index in [4.69, 9.17) is 5.11 Å². The van der Waals surface area contributed by atoms with Crippen LogP contribution in [0.4, 0.5) is 14.5 Å². The summed E-state index contributed by atoms with van der Waals surface area (Å²) in [5.74, 6) is -1.93. The van der Waals surface area contributed by atoms with Crippen molar-refractivity contribution in [2.45, 2.75) is 6.10 Å². The van der Waals surface area contributed by atoms with Crippen LogP contribution in [0.5, 0.6) is 0 Å². The second-order valence-electron chi connectivity index (χ2n) is 4.69. The lowest BCUT2D eigenvalue weighted by Crippen LogP contribution is -2.31. The largest absolute Gasteiger partial charge is 0.395 e. The molecular formula is C16H17F2NO2. The number of aliphatic hydroxyl groups is 2. The number of halogens is 2. The number of anilines is 1. The van der Waals surface area contributed by atoms with Crippen LogP contribution in [-0.4, -0.2) is 29.9 Å². The van der Waals surface area contributed by atoms with E-state index in [0.29, 0.717) is 12.1 Å². The molecule has 2 N–H and O–H groups in total. The summed E-state index contributed by atoms with van der Waals surface area (Å²) in [5, 5.41) is 19.3. The molecule has 0 fully saturated rings. The molecule has 2 aromatic rings. The average molecular weight is 293 g/mol. The molecule has 0 saturated heterocycles. The van der Waals surface area contributed by atoms with Crippen LogP contribution in [0.3, 0.4) is 0 Å². The molecule has 1 atom stereocenters. The SMILES string of the molecule is OCCN(C[C@@H](O)c1ccc(F)c(F)c1)c1ccccc1. The van der Waals surface area contributed by atoms with Crippen molar-refractivity contribution >= 4 is 5.69 Å². The van der Waals surface area contributed by atoms with Crippen LogP contribution in [0.25, 0.3) is 0 Å². The normalized spacial score (nSPS) is 12.2. The Labute approximate surface area is 122 Å². The van der Waals surface area contributed by atoms with Gasteiger partial charge >= 0.3 is 0 Å². The Kier molecular flexibility index (Phi) is 5.25. The molecule has 0 spiro atoms. The maximum absolute atomic E-state index is 13.2. The lowest BCUT2D eigenvalue weighted by molar-refractivity contribution is 0.180. The minimum Gasteiger partial charge on any atom is -0.395 e. The summed E-state index contributed by atoms with van der Waals surface area (Å²) >= 11 is 0. The Hall–Kier alpha value is -1.98. The molecule has 0 radical (unpaired) electrons. The summed E-state index contributed by atoms with van der Waals surface area (Å²) < 4.78 is 26.1. The third-order valence-corrected chi connectivity index (χ3v) is 3.21. The minimum atomic E-state index is -0.986. The summed E-state index contributed by atoms with van der Waals surface area (Å²) in [6.45, 7) is 0.444. The lowest BCUT2D eigenvalue weighted by Gasteiger charge is -2.26. The number of rotatable bonds is 6. The summed E-state index contributed by atoms with van der Waals surface area (Å²) in [4.78, 5) is 1.78. The van der Waals surface area contributed by atoms with Crippen molar-refractivity contribution in [2.75, 3.05) is 24.6 Å². The van der Waals surface area contributed by atoms with Crippen molar-refractivity contribution in [2.24, 2.45) is 0 Å². The van der Waals surface area contributed by atoms with E-state index in [9.17, 15) is 13.9 Å². The Morgan fingerprint density at radius 1 is 1.00 bits per heavy atom. The van der Waals surface area contributed by atoms with Crippen molar-refractivity contribution in [1.29, 1.82) is 0 Å². The zero-order valence-electron chi connectivity index (χ0n) is 11.4. The first-order valence-corrected chi connectivity index (χ1v) is 6.65. The van der Waals surface area contributed by atoms with Gasteiger partial charge in [-0.05, 0) is 29.8 Å². The highest BCUT2D eigenvalue weighted by molar-refractivity contribution is 5.46. The molecule has 3 nitrogen and oxygen atoms in total. The molecule has 2 rings (SSSR count). The van der Waals surface area contributed by atoms with E-state index in [2.05, 4.69) is 0 Å². The van der Waals surface area contributed by atoms with Crippen LogP contribution in [0, 0.1) is 11.6 Å². The van der Waals surface area contributed by atoms with Crippen molar-refractivity contribution in [3.05, 3.63) is 65.7 Å². The zero-order chi connectivity index (χ0) is 15.2. The maximum atomic E-state index is 13.2. The third kappa shape index (κ3) is 4.00. The van der Waals surface area contributed by atoms with Gasteiger partial charge in [-0.1, -0.05) is 24.3 Å². The summed E-state index contributed by atoms with van der Waals surface area (Å²) in [6, 6.07) is 12.6. The van der Waals surface area contributed by atoms with Crippen LogP contribution in [0.2, 0.25) is 0 Å². The molecule has 0 saturated carbocycles. The first-order chi connectivity index (χ1) is 10.1. The standard InChI is InChI=1S/C16H17F2NO2/c17-14-7-6-12(10-15(14)18)16(21)11-19(8-9-20)13-4-2-1-3-5-13/h1-7,10,16,20-21H,8-9,11H2/t16-/m1/s1. The fourth-order valence-corrected chi connectivity index (χ4v) is 2.12. The van der Waals surface area contributed by atoms with Gasteiger partial charge in [0.15, 0.2) is 11.6 Å². The number of hydrogen-bond donors (Lipinski definition) is 2. The smallest absolute Gasteiger partial charge is 0.159 e. The Bertz CT molecular complexity index is 578. The molecule has 0 aliphatic heterocycles. The minimum absolute atomic E-state index is 0.0700.